The van der Waals surface area contributed by atoms with Crippen molar-refractivity contribution < 1.29 is 19.4 Å². The summed E-state index contributed by atoms with van der Waals surface area (Å²) in [5.41, 5.74) is 1.04. The number of piperazine rings is 1. The molecule has 3 N–H and O–H groups in total. The number of carbonyl (C=O) groups excluding carboxylic acids is 2. The lowest BCUT2D eigenvalue weighted by Crippen LogP contribution is -2.48. The number of hydrogen-bond donors (Lipinski definition) is 3. The van der Waals surface area contributed by atoms with Crippen LogP contribution in [-0.4, -0.2) is 86.1 Å². The third-order valence-electron chi connectivity index (χ3n) is 4.91. The van der Waals surface area contributed by atoms with E-state index < -0.39 is 5.91 Å². The SMILES string of the molecule is COc1ccc2c(c1)C(=O)/C(=C/NCCN1CCN(CCO)CC1)C(=O)N2. The maximum atomic E-state index is 12.6. The van der Waals surface area contributed by atoms with Gasteiger partial charge in [-0.25, -0.2) is 0 Å². The molecule has 1 aromatic carbocycles. The Morgan fingerprint density at radius 1 is 1.19 bits per heavy atom. The van der Waals surface area contributed by atoms with E-state index in [0.29, 0.717) is 23.5 Å². The first-order chi connectivity index (χ1) is 13.1. The average Bonchev–Trinajstić information content (AvgIpc) is 2.68. The van der Waals surface area contributed by atoms with Gasteiger partial charge in [-0.15, -0.1) is 0 Å². The summed E-state index contributed by atoms with van der Waals surface area (Å²) in [5.74, 6) is -0.133. The number of carbonyl (C=O) groups is 2. The monoisotopic (exact) mass is 374 g/mol. The van der Waals surface area contributed by atoms with Gasteiger partial charge in [0.1, 0.15) is 11.3 Å². The van der Waals surface area contributed by atoms with Crippen molar-refractivity contribution in [1.82, 2.24) is 15.1 Å². The zero-order chi connectivity index (χ0) is 19.2. The zero-order valence-corrected chi connectivity index (χ0v) is 15.5. The number of nitrogens with one attached hydrogen (secondary N) is 2. The molecular weight excluding hydrogens is 348 g/mol. The first-order valence-corrected chi connectivity index (χ1v) is 9.15. The number of ether oxygens (including phenoxy) is 1. The number of ketones is 1. The van der Waals surface area contributed by atoms with Gasteiger partial charge in [-0.05, 0) is 18.2 Å². The Morgan fingerprint density at radius 3 is 2.56 bits per heavy atom. The summed E-state index contributed by atoms with van der Waals surface area (Å²) in [5, 5.41) is 14.8. The van der Waals surface area contributed by atoms with Crippen molar-refractivity contribution in [1.29, 1.82) is 0 Å². The maximum Gasteiger partial charge on any atom is 0.261 e. The van der Waals surface area contributed by atoms with Gasteiger partial charge in [0, 0.05) is 52.0 Å². The van der Waals surface area contributed by atoms with Crippen LogP contribution in [0.1, 0.15) is 10.4 Å². The largest absolute Gasteiger partial charge is 0.497 e. The van der Waals surface area contributed by atoms with Crippen LogP contribution in [0, 0.1) is 0 Å². The third-order valence-corrected chi connectivity index (χ3v) is 4.91. The second kappa shape index (κ2) is 8.98. The summed E-state index contributed by atoms with van der Waals surface area (Å²) >= 11 is 0. The van der Waals surface area contributed by atoms with Gasteiger partial charge in [-0.1, -0.05) is 0 Å². The Balaban J connectivity index is 1.53. The van der Waals surface area contributed by atoms with Crippen LogP contribution in [0.15, 0.2) is 30.0 Å². The second-order valence-corrected chi connectivity index (χ2v) is 6.61. The number of aliphatic hydroxyl groups is 1. The molecule has 2 aliphatic heterocycles. The Morgan fingerprint density at radius 2 is 1.89 bits per heavy atom. The molecule has 1 fully saturated rings. The molecular formula is C19H26N4O4. The summed E-state index contributed by atoms with van der Waals surface area (Å²) in [6.45, 7) is 6.19. The summed E-state index contributed by atoms with van der Waals surface area (Å²) in [7, 11) is 1.54. The number of benzene rings is 1. The summed E-state index contributed by atoms with van der Waals surface area (Å²) < 4.78 is 5.16. The van der Waals surface area contributed by atoms with Crippen LogP contribution >= 0.6 is 0 Å². The normalized spacial score (nSPS) is 19.7. The summed E-state index contributed by atoms with van der Waals surface area (Å²) in [6, 6.07) is 5.01. The molecule has 3 rings (SSSR count). The fourth-order valence-corrected chi connectivity index (χ4v) is 3.29. The molecule has 2 heterocycles. The van der Waals surface area contributed by atoms with E-state index in [-0.39, 0.29) is 18.0 Å². The van der Waals surface area contributed by atoms with E-state index in [9.17, 15) is 9.59 Å². The molecule has 8 nitrogen and oxygen atoms in total. The number of amides is 1. The highest BCUT2D eigenvalue weighted by Crippen LogP contribution is 2.28. The van der Waals surface area contributed by atoms with Crippen molar-refractivity contribution in [2.75, 3.05) is 64.8 Å². The standard InChI is InChI=1S/C19H26N4O4/c1-27-14-2-3-17-15(12-14)18(25)16(19(26)21-17)13-20-4-5-22-6-8-23(9-7-22)10-11-24/h2-3,12-13,20,24H,4-11H2,1H3,(H,21,26)/b16-13-. The lowest BCUT2D eigenvalue weighted by atomic mass is 9.97. The van der Waals surface area contributed by atoms with Crippen LogP contribution < -0.4 is 15.4 Å². The highest BCUT2D eigenvalue weighted by atomic mass is 16.5. The molecule has 8 heteroatoms. The lowest BCUT2D eigenvalue weighted by Gasteiger charge is -2.34. The molecule has 0 radical (unpaired) electrons. The van der Waals surface area contributed by atoms with Crippen LogP contribution in [-0.2, 0) is 4.79 Å². The summed E-state index contributed by atoms with van der Waals surface area (Å²) in [4.78, 5) is 29.4. The molecule has 27 heavy (non-hydrogen) atoms. The minimum absolute atomic E-state index is 0.100. The number of Topliss-reactive ketones (excluding diaryl/α,β-unsaturated/α-hetero) is 1. The Kier molecular flexibility index (Phi) is 6.44. The smallest absolute Gasteiger partial charge is 0.261 e. The first-order valence-electron chi connectivity index (χ1n) is 9.15. The Labute approximate surface area is 158 Å². The van der Waals surface area contributed by atoms with Gasteiger partial charge < -0.3 is 20.5 Å². The van der Waals surface area contributed by atoms with Crippen LogP contribution in [0.4, 0.5) is 5.69 Å². The zero-order valence-electron chi connectivity index (χ0n) is 15.5. The van der Waals surface area contributed by atoms with E-state index >= 15 is 0 Å². The fraction of sp³-hybridized carbons (Fsp3) is 0.474. The van der Waals surface area contributed by atoms with Gasteiger partial charge in [0.05, 0.1) is 25.0 Å². The van der Waals surface area contributed by atoms with Gasteiger partial charge in [-0.2, -0.15) is 0 Å². The van der Waals surface area contributed by atoms with Crippen molar-refractivity contribution in [2.45, 2.75) is 0 Å². The van der Waals surface area contributed by atoms with Crippen LogP contribution in [0.5, 0.6) is 5.75 Å². The van der Waals surface area contributed by atoms with Crippen LogP contribution in [0.3, 0.4) is 0 Å². The molecule has 0 aromatic heterocycles. The highest BCUT2D eigenvalue weighted by Gasteiger charge is 2.28. The van der Waals surface area contributed by atoms with Crippen LogP contribution in [0.2, 0.25) is 0 Å². The van der Waals surface area contributed by atoms with Gasteiger partial charge >= 0.3 is 0 Å². The van der Waals surface area contributed by atoms with Crippen molar-refractivity contribution in [3.05, 3.63) is 35.5 Å². The first kappa shape index (κ1) is 19.3. The minimum atomic E-state index is -0.400. The summed E-state index contributed by atoms with van der Waals surface area (Å²) in [6.07, 6.45) is 1.50. The van der Waals surface area contributed by atoms with Gasteiger partial charge in [0.2, 0.25) is 5.78 Å². The number of β-amino-alcohol motifs (C(OH)–C–C–N with tert-alkyl or cyclic N) is 1. The minimum Gasteiger partial charge on any atom is -0.497 e. The van der Waals surface area contributed by atoms with E-state index in [2.05, 4.69) is 20.4 Å². The van der Waals surface area contributed by atoms with E-state index in [1.165, 1.54) is 13.3 Å². The topological polar surface area (TPSA) is 94.1 Å². The molecule has 0 bridgehead atoms. The van der Waals surface area contributed by atoms with Crippen molar-refractivity contribution in [3.63, 3.8) is 0 Å². The molecule has 0 aliphatic carbocycles. The maximum absolute atomic E-state index is 12.6. The number of anilines is 1. The van der Waals surface area contributed by atoms with Crippen LogP contribution in [0.25, 0.3) is 0 Å². The number of nitrogens with zero attached hydrogens (tertiary/aromatic N) is 2. The predicted octanol–water partition coefficient (Wildman–Crippen LogP) is -0.0866. The molecule has 1 amide bonds. The van der Waals surface area contributed by atoms with E-state index in [1.54, 1.807) is 18.2 Å². The van der Waals surface area contributed by atoms with E-state index in [0.717, 1.165) is 39.3 Å². The number of hydrogen-bond acceptors (Lipinski definition) is 7. The molecule has 1 aromatic rings. The average molecular weight is 374 g/mol. The number of methoxy groups -OCH3 is 1. The molecule has 2 aliphatic rings. The number of aliphatic hydroxyl groups excluding tert-OH is 1. The van der Waals surface area contributed by atoms with Crippen molar-refractivity contribution >= 4 is 17.4 Å². The Hall–Kier alpha value is -2.42. The molecule has 0 spiro atoms. The number of fused-ring (bicyclic) bond motifs is 1. The van der Waals surface area contributed by atoms with E-state index in [1.807, 2.05) is 0 Å². The Bertz CT molecular complexity index is 726. The predicted molar refractivity (Wildman–Crippen MR) is 102 cm³/mol. The third kappa shape index (κ3) is 4.65. The van der Waals surface area contributed by atoms with Gasteiger partial charge in [0.25, 0.3) is 5.91 Å². The van der Waals surface area contributed by atoms with Gasteiger partial charge in [0.15, 0.2) is 0 Å². The van der Waals surface area contributed by atoms with E-state index in [4.69, 9.17) is 9.84 Å². The van der Waals surface area contributed by atoms with Crippen molar-refractivity contribution in [3.8, 4) is 5.75 Å². The lowest BCUT2D eigenvalue weighted by molar-refractivity contribution is -0.112. The molecule has 146 valence electrons. The highest BCUT2D eigenvalue weighted by molar-refractivity contribution is 6.34. The quantitative estimate of drug-likeness (QED) is 0.349. The van der Waals surface area contributed by atoms with Gasteiger partial charge in [-0.3, -0.25) is 19.4 Å². The fourth-order valence-electron chi connectivity index (χ4n) is 3.29. The molecule has 1 saturated heterocycles. The molecule has 0 saturated carbocycles. The van der Waals surface area contributed by atoms with Crippen molar-refractivity contribution in [2.24, 2.45) is 0 Å². The number of rotatable bonds is 7. The second-order valence-electron chi connectivity index (χ2n) is 6.61. The molecule has 0 atom stereocenters. The molecule has 0 unspecified atom stereocenters.